The number of hydrogen-bond donors (Lipinski definition) is 2. The quantitative estimate of drug-likeness (QED) is 0.767. The molecule has 0 unspecified atom stereocenters. The van der Waals surface area contributed by atoms with Crippen LogP contribution in [-0.4, -0.2) is 26.5 Å². The molecule has 2 aromatic heterocycles. The molecule has 3 aromatic rings. The van der Waals surface area contributed by atoms with Crippen LogP contribution in [0.1, 0.15) is 40.2 Å². The molecule has 3 rings (SSSR count). The van der Waals surface area contributed by atoms with Crippen molar-refractivity contribution < 1.29 is 13.6 Å². The van der Waals surface area contributed by atoms with Crippen molar-refractivity contribution in [3.63, 3.8) is 0 Å². The first-order chi connectivity index (χ1) is 11.5. The minimum Gasteiger partial charge on any atom is -0.457 e. The van der Waals surface area contributed by atoms with Gasteiger partial charge in [-0.25, -0.2) is 4.39 Å². The van der Waals surface area contributed by atoms with E-state index in [0.29, 0.717) is 17.1 Å². The second-order valence-electron chi connectivity index (χ2n) is 5.51. The summed E-state index contributed by atoms with van der Waals surface area (Å²) in [6.07, 6.45) is 0. The van der Waals surface area contributed by atoms with Crippen LogP contribution in [0.2, 0.25) is 0 Å². The molecule has 124 valence electrons. The van der Waals surface area contributed by atoms with Crippen molar-refractivity contribution in [2.75, 3.05) is 0 Å². The fraction of sp³-hybridized carbons (Fsp3) is 0.250. The van der Waals surface area contributed by atoms with E-state index in [2.05, 4.69) is 25.9 Å². The zero-order chi connectivity index (χ0) is 17.3. The minimum atomic E-state index is -0.301. The molecular formula is C16H16FN5O2. The van der Waals surface area contributed by atoms with E-state index in [1.807, 2.05) is 6.92 Å². The first-order valence-electron chi connectivity index (χ1n) is 7.37. The number of nitrogens with zero attached hydrogens (tertiary/aromatic N) is 3. The van der Waals surface area contributed by atoms with Gasteiger partial charge in [-0.2, -0.15) is 5.21 Å². The summed E-state index contributed by atoms with van der Waals surface area (Å²) in [5.41, 5.74) is 2.02. The Morgan fingerprint density at radius 1 is 1.33 bits per heavy atom. The van der Waals surface area contributed by atoms with Gasteiger partial charge in [-0.1, -0.05) is 6.07 Å². The Labute approximate surface area is 137 Å². The number of carbonyl (C=O) groups excluding carboxylic acids is 1. The van der Waals surface area contributed by atoms with Gasteiger partial charge in [-0.3, -0.25) is 4.79 Å². The molecule has 8 heteroatoms. The first kappa shape index (κ1) is 15.9. The summed E-state index contributed by atoms with van der Waals surface area (Å²) in [4.78, 5) is 12.5. The highest BCUT2D eigenvalue weighted by Gasteiger charge is 2.20. The Hall–Kier alpha value is -3.03. The standard InChI is InChI=1S/C16H16FN5O2/c1-8-6-11(17)4-5-12(8)9(2)18-16(23)13-7-14(24-10(13)3)15-19-21-22-20-15/h4-7,9H,1-3H3,(H,18,23)(H,19,20,21,22)/t9-/m1/s1. The Morgan fingerprint density at radius 2 is 2.12 bits per heavy atom. The van der Waals surface area contributed by atoms with Gasteiger partial charge < -0.3 is 9.73 Å². The van der Waals surface area contributed by atoms with Crippen molar-refractivity contribution >= 4 is 5.91 Å². The Balaban J connectivity index is 1.80. The number of H-pyrrole nitrogens is 1. The Kier molecular flexibility index (Phi) is 4.11. The normalized spacial score (nSPS) is 12.2. The van der Waals surface area contributed by atoms with Crippen molar-refractivity contribution in [2.24, 2.45) is 0 Å². The van der Waals surface area contributed by atoms with Gasteiger partial charge in [0, 0.05) is 6.07 Å². The zero-order valence-corrected chi connectivity index (χ0v) is 13.4. The van der Waals surface area contributed by atoms with Crippen LogP contribution < -0.4 is 5.32 Å². The van der Waals surface area contributed by atoms with Crippen molar-refractivity contribution in [3.05, 3.63) is 52.5 Å². The number of rotatable bonds is 4. The van der Waals surface area contributed by atoms with Crippen LogP contribution in [-0.2, 0) is 0 Å². The van der Waals surface area contributed by atoms with Gasteiger partial charge in [-0.05, 0) is 49.2 Å². The van der Waals surface area contributed by atoms with Crippen LogP contribution in [0.4, 0.5) is 4.39 Å². The second kappa shape index (κ2) is 6.23. The number of nitrogens with one attached hydrogen (secondary N) is 2. The highest BCUT2D eigenvalue weighted by atomic mass is 19.1. The van der Waals surface area contributed by atoms with Gasteiger partial charge in [0.05, 0.1) is 11.6 Å². The molecule has 2 N–H and O–H groups in total. The summed E-state index contributed by atoms with van der Waals surface area (Å²) in [6, 6.07) is 5.78. The van der Waals surface area contributed by atoms with E-state index in [4.69, 9.17) is 4.42 Å². The molecule has 0 fully saturated rings. The Bertz CT molecular complexity index is 873. The first-order valence-corrected chi connectivity index (χ1v) is 7.37. The minimum absolute atomic E-state index is 0.277. The molecule has 7 nitrogen and oxygen atoms in total. The maximum absolute atomic E-state index is 13.2. The number of aromatic amines is 1. The third-order valence-electron chi connectivity index (χ3n) is 3.77. The van der Waals surface area contributed by atoms with Gasteiger partial charge in [-0.15, -0.1) is 10.2 Å². The van der Waals surface area contributed by atoms with Crippen molar-refractivity contribution in [1.29, 1.82) is 0 Å². The molecular weight excluding hydrogens is 313 g/mol. The lowest BCUT2D eigenvalue weighted by atomic mass is 10.0. The molecule has 0 saturated heterocycles. The number of aromatic nitrogens is 4. The summed E-state index contributed by atoms with van der Waals surface area (Å²) in [5, 5.41) is 16.3. The fourth-order valence-electron chi connectivity index (χ4n) is 2.56. The number of amides is 1. The average molecular weight is 329 g/mol. The molecule has 1 aromatic carbocycles. The van der Waals surface area contributed by atoms with Gasteiger partial charge in [0.1, 0.15) is 11.6 Å². The van der Waals surface area contributed by atoms with E-state index < -0.39 is 0 Å². The maximum Gasteiger partial charge on any atom is 0.255 e. The summed E-state index contributed by atoms with van der Waals surface area (Å²) >= 11 is 0. The fourth-order valence-corrected chi connectivity index (χ4v) is 2.56. The molecule has 0 saturated carbocycles. The van der Waals surface area contributed by atoms with E-state index in [9.17, 15) is 9.18 Å². The molecule has 24 heavy (non-hydrogen) atoms. The highest BCUT2D eigenvalue weighted by molar-refractivity contribution is 5.96. The SMILES string of the molecule is Cc1cc(F)ccc1[C@@H](C)NC(=O)c1cc(-c2nn[nH]n2)oc1C. The number of halogens is 1. The maximum atomic E-state index is 13.2. The summed E-state index contributed by atoms with van der Waals surface area (Å²) in [7, 11) is 0. The van der Waals surface area contributed by atoms with E-state index in [1.165, 1.54) is 12.1 Å². The predicted octanol–water partition coefficient (Wildman–Crippen LogP) is 2.71. The number of furan rings is 1. The number of carbonyl (C=O) groups is 1. The smallest absolute Gasteiger partial charge is 0.255 e. The van der Waals surface area contributed by atoms with E-state index >= 15 is 0 Å². The zero-order valence-electron chi connectivity index (χ0n) is 13.4. The van der Waals surface area contributed by atoms with Crippen LogP contribution in [0, 0.1) is 19.7 Å². The van der Waals surface area contributed by atoms with Crippen molar-refractivity contribution in [3.8, 4) is 11.6 Å². The molecule has 0 aliphatic carbocycles. The van der Waals surface area contributed by atoms with Crippen LogP contribution in [0.25, 0.3) is 11.6 Å². The molecule has 0 bridgehead atoms. The van der Waals surface area contributed by atoms with Gasteiger partial charge in [0.15, 0.2) is 5.76 Å². The lowest BCUT2D eigenvalue weighted by Crippen LogP contribution is -2.27. The van der Waals surface area contributed by atoms with E-state index in [1.54, 1.807) is 26.0 Å². The van der Waals surface area contributed by atoms with Crippen LogP contribution >= 0.6 is 0 Å². The summed E-state index contributed by atoms with van der Waals surface area (Å²) in [5.74, 6) is 0.499. The lowest BCUT2D eigenvalue weighted by molar-refractivity contribution is 0.0938. The van der Waals surface area contributed by atoms with Crippen LogP contribution in [0.15, 0.2) is 28.7 Å². The largest absolute Gasteiger partial charge is 0.457 e. The van der Waals surface area contributed by atoms with E-state index in [-0.39, 0.29) is 23.6 Å². The number of aryl methyl sites for hydroxylation is 2. The van der Waals surface area contributed by atoms with E-state index in [0.717, 1.165) is 11.1 Å². The topological polar surface area (TPSA) is 96.7 Å². The molecule has 0 aliphatic rings. The highest BCUT2D eigenvalue weighted by Crippen LogP contribution is 2.23. The average Bonchev–Trinajstić information content (AvgIpc) is 3.15. The van der Waals surface area contributed by atoms with Crippen LogP contribution in [0.5, 0.6) is 0 Å². The summed E-state index contributed by atoms with van der Waals surface area (Å²) < 4.78 is 18.7. The predicted molar refractivity (Wildman–Crippen MR) is 83.6 cm³/mol. The van der Waals surface area contributed by atoms with Crippen molar-refractivity contribution in [1.82, 2.24) is 25.9 Å². The van der Waals surface area contributed by atoms with Gasteiger partial charge in [0.2, 0.25) is 5.82 Å². The number of benzene rings is 1. The van der Waals surface area contributed by atoms with Crippen molar-refractivity contribution in [2.45, 2.75) is 26.8 Å². The lowest BCUT2D eigenvalue weighted by Gasteiger charge is -2.16. The molecule has 0 aliphatic heterocycles. The summed E-state index contributed by atoms with van der Waals surface area (Å²) in [6.45, 7) is 5.33. The molecule has 0 radical (unpaired) electrons. The Morgan fingerprint density at radius 3 is 2.79 bits per heavy atom. The van der Waals surface area contributed by atoms with Gasteiger partial charge in [0.25, 0.3) is 5.91 Å². The third kappa shape index (κ3) is 3.03. The third-order valence-corrected chi connectivity index (χ3v) is 3.77. The molecule has 1 amide bonds. The van der Waals surface area contributed by atoms with Gasteiger partial charge >= 0.3 is 0 Å². The molecule has 0 spiro atoms. The second-order valence-corrected chi connectivity index (χ2v) is 5.51. The monoisotopic (exact) mass is 329 g/mol. The molecule has 1 atom stereocenters. The number of tetrazole rings is 1. The molecule has 2 heterocycles. The number of hydrogen-bond acceptors (Lipinski definition) is 5. The van der Waals surface area contributed by atoms with Crippen LogP contribution in [0.3, 0.4) is 0 Å².